The Labute approximate surface area is 179 Å². The van der Waals surface area contributed by atoms with E-state index in [1.807, 2.05) is 31.2 Å². The van der Waals surface area contributed by atoms with E-state index in [2.05, 4.69) is 5.16 Å². The van der Waals surface area contributed by atoms with Gasteiger partial charge in [-0.1, -0.05) is 36.3 Å². The lowest BCUT2D eigenvalue weighted by molar-refractivity contribution is 0.0519. The van der Waals surface area contributed by atoms with Crippen molar-refractivity contribution in [3.63, 3.8) is 0 Å². The maximum absolute atomic E-state index is 13.4. The van der Waals surface area contributed by atoms with Gasteiger partial charge < -0.3 is 20.3 Å². The lowest BCUT2D eigenvalue weighted by Crippen LogP contribution is -2.46. The van der Waals surface area contributed by atoms with E-state index in [0.717, 1.165) is 23.6 Å². The molecule has 0 saturated carbocycles. The largest absolute Gasteiger partial charge is 0.390 e. The van der Waals surface area contributed by atoms with Gasteiger partial charge >= 0.3 is 0 Å². The summed E-state index contributed by atoms with van der Waals surface area (Å²) in [7, 11) is 0. The van der Waals surface area contributed by atoms with E-state index in [1.54, 1.807) is 0 Å². The summed E-state index contributed by atoms with van der Waals surface area (Å²) in [5, 5.41) is 14.2. The summed E-state index contributed by atoms with van der Waals surface area (Å²) in [5.41, 5.74) is 8.42. The van der Waals surface area contributed by atoms with Crippen molar-refractivity contribution in [1.29, 1.82) is 0 Å². The molecule has 1 heterocycles. The zero-order valence-electron chi connectivity index (χ0n) is 17.2. The molecular weight excluding hydrogens is 404 g/mol. The average Bonchev–Trinajstić information content (AvgIpc) is 3.27. The van der Waals surface area contributed by atoms with Crippen molar-refractivity contribution >= 4 is 5.91 Å². The molecule has 0 saturated heterocycles. The summed E-state index contributed by atoms with van der Waals surface area (Å²) in [6, 6.07) is 11.5. The molecule has 0 aliphatic carbocycles. The van der Waals surface area contributed by atoms with Crippen LogP contribution in [0.15, 0.2) is 59.3 Å². The Kier molecular flexibility index (Phi) is 7.49. The molecule has 0 fully saturated rings. The number of nitrogens with two attached hydrogens (primary N) is 1. The van der Waals surface area contributed by atoms with E-state index in [9.17, 15) is 18.7 Å². The molecule has 6 nitrogen and oxygen atoms in total. The number of hydrogen-bond donors (Lipinski definition) is 2. The molecule has 1 amide bonds. The summed E-state index contributed by atoms with van der Waals surface area (Å²) in [6.07, 6.45) is 1.13. The minimum Gasteiger partial charge on any atom is -0.390 e. The van der Waals surface area contributed by atoms with Gasteiger partial charge in [-0.25, -0.2) is 8.78 Å². The van der Waals surface area contributed by atoms with Gasteiger partial charge in [0.15, 0.2) is 0 Å². The van der Waals surface area contributed by atoms with Crippen LogP contribution < -0.4 is 5.73 Å². The van der Waals surface area contributed by atoms with Crippen LogP contribution >= 0.6 is 0 Å². The van der Waals surface area contributed by atoms with Crippen molar-refractivity contribution in [3.05, 3.63) is 88.8 Å². The van der Waals surface area contributed by atoms with E-state index in [1.165, 1.54) is 29.3 Å². The summed E-state index contributed by atoms with van der Waals surface area (Å²) in [4.78, 5) is 14.3. The topological polar surface area (TPSA) is 92.6 Å². The SMILES string of the molecule is CCc1cccc(CN(C[C@@H](O)[C@@H](N)Cc2cc(F)cc(F)c2)C(=O)c2ccno2)c1. The van der Waals surface area contributed by atoms with E-state index in [4.69, 9.17) is 10.3 Å². The van der Waals surface area contributed by atoms with Gasteiger partial charge in [-0.2, -0.15) is 0 Å². The summed E-state index contributed by atoms with van der Waals surface area (Å²) >= 11 is 0. The third-order valence-corrected chi connectivity index (χ3v) is 5.00. The summed E-state index contributed by atoms with van der Waals surface area (Å²) < 4.78 is 31.9. The van der Waals surface area contributed by atoms with Crippen LogP contribution in [0, 0.1) is 11.6 Å². The van der Waals surface area contributed by atoms with Gasteiger partial charge in [-0.15, -0.1) is 0 Å². The van der Waals surface area contributed by atoms with Crippen LogP contribution in [-0.4, -0.2) is 39.8 Å². The molecule has 0 radical (unpaired) electrons. The Bertz CT molecular complexity index is 991. The van der Waals surface area contributed by atoms with Gasteiger partial charge in [-0.05, 0) is 41.7 Å². The lowest BCUT2D eigenvalue weighted by atomic mass is 10.0. The van der Waals surface area contributed by atoms with Crippen molar-refractivity contribution in [2.24, 2.45) is 5.73 Å². The second-order valence-corrected chi connectivity index (χ2v) is 7.45. The number of aryl methyl sites for hydroxylation is 1. The van der Waals surface area contributed by atoms with E-state index in [-0.39, 0.29) is 25.3 Å². The van der Waals surface area contributed by atoms with Crippen LogP contribution in [0.25, 0.3) is 0 Å². The second-order valence-electron chi connectivity index (χ2n) is 7.45. The summed E-state index contributed by atoms with van der Waals surface area (Å²) in [6.45, 7) is 2.18. The second kappa shape index (κ2) is 10.3. The highest BCUT2D eigenvalue weighted by molar-refractivity contribution is 5.91. The van der Waals surface area contributed by atoms with Gasteiger partial charge in [-0.3, -0.25) is 4.79 Å². The number of benzene rings is 2. The molecule has 0 aliphatic heterocycles. The number of aliphatic hydroxyl groups is 1. The number of hydrogen-bond acceptors (Lipinski definition) is 5. The van der Waals surface area contributed by atoms with Gasteiger partial charge in [0.1, 0.15) is 11.6 Å². The van der Waals surface area contributed by atoms with Crippen molar-refractivity contribution in [1.82, 2.24) is 10.1 Å². The quantitative estimate of drug-likeness (QED) is 0.545. The molecular formula is C23H25F2N3O3. The first kappa shape index (κ1) is 22.6. The molecule has 0 aliphatic rings. The van der Waals surface area contributed by atoms with E-state index >= 15 is 0 Å². The van der Waals surface area contributed by atoms with Gasteiger partial charge in [0, 0.05) is 31.3 Å². The first-order valence-electron chi connectivity index (χ1n) is 10.0. The van der Waals surface area contributed by atoms with E-state index in [0.29, 0.717) is 5.56 Å². The fraction of sp³-hybridized carbons (Fsp3) is 0.304. The molecule has 0 bridgehead atoms. The Morgan fingerprint density at radius 2 is 1.84 bits per heavy atom. The molecule has 2 atom stereocenters. The molecule has 3 aromatic rings. The number of rotatable bonds is 9. The predicted molar refractivity (Wildman–Crippen MR) is 111 cm³/mol. The molecule has 3 rings (SSSR count). The van der Waals surface area contributed by atoms with Gasteiger partial charge in [0.2, 0.25) is 5.76 Å². The fourth-order valence-corrected chi connectivity index (χ4v) is 3.37. The third-order valence-electron chi connectivity index (χ3n) is 5.00. The van der Waals surface area contributed by atoms with E-state index < -0.39 is 29.7 Å². The van der Waals surface area contributed by atoms with Crippen LogP contribution in [0.1, 0.15) is 34.2 Å². The third kappa shape index (κ3) is 6.19. The predicted octanol–water partition coefficient (Wildman–Crippen LogP) is 3.09. The number of amides is 1. The number of halogens is 2. The van der Waals surface area contributed by atoms with Crippen molar-refractivity contribution < 1.29 is 23.2 Å². The van der Waals surface area contributed by atoms with Gasteiger partial charge in [0.25, 0.3) is 5.91 Å². The average molecular weight is 429 g/mol. The number of aromatic nitrogens is 1. The highest BCUT2D eigenvalue weighted by atomic mass is 19.1. The standard InChI is InChI=1S/C23H25F2N3O3/c1-2-15-4-3-5-16(8-15)13-28(23(30)22-6-7-27-31-22)14-21(29)20(26)11-17-9-18(24)12-19(25)10-17/h3-10,12,20-21,29H,2,11,13-14,26H2,1H3/t20-,21+/m0/s1. The lowest BCUT2D eigenvalue weighted by Gasteiger charge is -2.27. The normalized spacial score (nSPS) is 13.1. The maximum atomic E-state index is 13.4. The molecule has 8 heteroatoms. The number of aliphatic hydroxyl groups excluding tert-OH is 1. The molecule has 0 spiro atoms. The van der Waals surface area contributed by atoms with Crippen LogP contribution in [0.5, 0.6) is 0 Å². The zero-order valence-corrected chi connectivity index (χ0v) is 17.2. The Morgan fingerprint density at radius 3 is 2.48 bits per heavy atom. The smallest absolute Gasteiger partial charge is 0.292 e. The Balaban J connectivity index is 1.75. The number of carbonyl (C=O) groups excluding carboxylic acids is 1. The Morgan fingerprint density at radius 1 is 1.13 bits per heavy atom. The molecule has 164 valence electrons. The number of carbonyl (C=O) groups is 1. The molecule has 1 aromatic heterocycles. The number of nitrogens with zero attached hydrogens (tertiary/aromatic N) is 2. The van der Waals surface area contributed by atoms with Crippen LogP contribution in [0.3, 0.4) is 0 Å². The first-order chi connectivity index (χ1) is 14.9. The highest BCUT2D eigenvalue weighted by Crippen LogP contribution is 2.15. The maximum Gasteiger partial charge on any atom is 0.292 e. The molecule has 0 unspecified atom stereocenters. The molecule has 31 heavy (non-hydrogen) atoms. The van der Waals surface area contributed by atoms with Crippen molar-refractivity contribution in [2.75, 3.05) is 6.54 Å². The van der Waals surface area contributed by atoms with Crippen LogP contribution in [0.2, 0.25) is 0 Å². The monoisotopic (exact) mass is 429 g/mol. The zero-order chi connectivity index (χ0) is 22.4. The van der Waals surface area contributed by atoms with Crippen molar-refractivity contribution in [2.45, 2.75) is 38.5 Å². The highest BCUT2D eigenvalue weighted by Gasteiger charge is 2.25. The van der Waals surface area contributed by atoms with Crippen LogP contribution in [-0.2, 0) is 19.4 Å². The minimum atomic E-state index is -1.13. The molecule has 2 aromatic carbocycles. The first-order valence-corrected chi connectivity index (χ1v) is 10.0. The van der Waals surface area contributed by atoms with Crippen molar-refractivity contribution in [3.8, 4) is 0 Å². The Hall–Kier alpha value is -3.10. The van der Waals surface area contributed by atoms with Gasteiger partial charge in [0.05, 0.1) is 12.3 Å². The molecule has 3 N–H and O–H groups in total. The summed E-state index contributed by atoms with van der Waals surface area (Å²) in [5.74, 6) is -1.83. The minimum absolute atomic E-state index is 0.0413. The van der Waals surface area contributed by atoms with Crippen LogP contribution in [0.4, 0.5) is 8.78 Å². The fourth-order valence-electron chi connectivity index (χ4n) is 3.37.